The van der Waals surface area contributed by atoms with Crippen LogP contribution in [0.3, 0.4) is 0 Å². The van der Waals surface area contributed by atoms with Crippen LogP contribution in [0.2, 0.25) is 0 Å². The Balaban J connectivity index is 2.11. The number of methoxy groups -OCH3 is 1. The molecule has 1 unspecified atom stereocenters. The summed E-state index contributed by atoms with van der Waals surface area (Å²) >= 11 is 0. The second-order valence-electron chi connectivity index (χ2n) is 10.1. The summed E-state index contributed by atoms with van der Waals surface area (Å²) in [5.74, 6) is 0.0317. The number of hydrogen-bond acceptors (Lipinski definition) is 4. The Morgan fingerprint density at radius 3 is 2.52 bits per heavy atom. The van der Waals surface area contributed by atoms with E-state index in [0.717, 1.165) is 43.0 Å². The van der Waals surface area contributed by atoms with Crippen LogP contribution in [0, 0.1) is 5.41 Å². The minimum absolute atomic E-state index is 0.0317. The van der Waals surface area contributed by atoms with Gasteiger partial charge in [0.15, 0.2) is 0 Å². The Kier molecular flexibility index (Phi) is 6.40. The molecule has 2 aromatic rings. The highest BCUT2D eigenvalue weighted by Crippen LogP contribution is 2.51. The van der Waals surface area contributed by atoms with Crippen LogP contribution in [-0.2, 0) is 23.9 Å². The minimum Gasteiger partial charge on any atom is -0.388 e. The zero-order valence-electron chi connectivity index (χ0n) is 19.3. The first-order valence-corrected chi connectivity index (χ1v) is 11.4. The quantitative estimate of drug-likeness (QED) is 0.524. The van der Waals surface area contributed by atoms with Crippen LogP contribution >= 0.6 is 0 Å². The van der Waals surface area contributed by atoms with Gasteiger partial charge in [-0.05, 0) is 60.3 Å². The molecule has 1 N–H and O–H groups in total. The molecule has 4 nitrogen and oxygen atoms in total. The number of hydrogen-bond donors (Lipinski definition) is 1. The first-order chi connectivity index (χ1) is 15.6. The molecule has 7 heteroatoms. The number of nitrogens with zero attached hydrogens (tertiary/aromatic N) is 1. The number of alkyl halides is 3. The van der Waals surface area contributed by atoms with Gasteiger partial charge in [-0.1, -0.05) is 32.8 Å². The van der Waals surface area contributed by atoms with Gasteiger partial charge in [0.1, 0.15) is 6.29 Å². The second kappa shape index (κ2) is 8.84. The van der Waals surface area contributed by atoms with E-state index in [1.165, 1.54) is 19.2 Å². The van der Waals surface area contributed by atoms with Gasteiger partial charge in [0.05, 0.1) is 24.0 Å². The molecule has 1 saturated carbocycles. The molecule has 178 valence electrons. The van der Waals surface area contributed by atoms with Crippen molar-refractivity contribution < 1.29 is 27.8 Å². The van der Waals surface area contributed by atoms with Crippen LogP contribution in [0.5, 0.6) is 0 Å². The van der Waals surface area contributed by atoms with Gasteiger partial charge in [-0.15, -0.1) is 0 Å². The van der Waals surface area contributed by atoms with E-state index in [4.69, 9.17) is 9.72 Å². The fourth-order valence-corrected chi connectivity index (χ4v) is 5.65. The number of aldehydes is 1. The third-order valence-corrected chi connectivity index (χ3v) is 6.95. The van der Waals surface area contributed by atoms with Crippen LogP contribution in [-0.4, -0.2) is 23.5 Å². The van der Waals surface area contributed by atoms with Crippen molar-refractivity contribution in [2.24, 2.45) is 5.41 Å². The molecule has 1 atom stereocenters. The van der Waals surface area contributed by atoms with E-state index >= 15 is 0 Å². The molecule has 0 spiro atoms. The van der Waals surface area contributed by atoms with Gasteiger partial charge in [-0.25, -0.2) is 0 Å². The standard InChI is InChI=1S/C26H30F3NO3/c1-25(2)11-19-24(21(32)12-25)22(16-6-4-5-7-16)23(20(30-19)14-33-3)17-10-15(13-31)8-9-18(17)26(27,28)29/h8-10,13,16,21,32H,4-7,11-12,14H2,1-3H3. The van der Waals surface area contributed by atoms with Crippen LogP contribution in [0.25, 0.3) is 11.1 Å². The first-order valence-electron chi connectivity index (χ1n) is 11.4. The molecule has 1 aromatic heterocycles. The van der Waals surface area contributed by atoms with Crippen LogP contribution in [0.1, 0.15) is 96.4 Å². The van der Waals surface area contributed by atoms with Crippen molar-refractivity contribution in [1.29, 1.82) is 0 Å². The predicted octanol–water partition coefficient (Wildman–Crippen LogP) is 6.39. The number of rotatable bonds is 5. The lowest BCUT2D eigenvalue weighted by atomic mass is 9.70. The topological polar surface area (TPSA) is 59.4 Å². The molecule has 2 aliphatic rings. The smallest absolute Gasteiger partial charge is 0.388 e. The van der Waals surface area contributed by atoms with Gasteiger partial charge >= 0.3 is 6.18 Å². The number of ether oxygens (including phenoxy) is 1. The first kappa shape index (κ1) is 23.9. The van der Waals surface area contributed by atoms with Crippen molar-refractivity contribution in [1.82, 2.24) is 4.98 Å². The van der Waals surface area contributed by atoms with E-state index in [1.807, 2.05) is 0 Å². The Bertz CT molecular complexity index is 1060. The molecule has 1 fully saturated rings. The lowest BCUT2D eigenvalue weighted by molar-refractivity contribution is -0.137. The highest BCUT2D eigenvalue weighted by atomic mass is 19.4. The van der Waals surface area contributed by atoms with Gasteiger partial charge in [0, 0.05) is 29.5 Å². The fraction of sp³-hybridized carbons (Fsp3) is 0.538. The van der Waals surface area contributed by atoms with Gasteiger partial charge in [0.2, 0.25) is 0 Å². The third-order valence-electron chi connectivity index (χ3n) is 6.95. The van der Waals surface area contributed by atoms with Crippen molar-refractivity contribution in [3.8, 4) is 11.1 Å². The molecular formula is C26H30F3NO3. The molecule has 0 saturated heterocycles. The summed E-state index contributed by atoms with van der Waals surface area (Å²) in [7, 11) is 1.49. The normalized spacial score (nSPS) is 20.6. The fourth-order valence-electron chi connectivity index (χ4n) is 5.65. The molecule has 33 heavy (non-hydrogen) atoms. The third kappa shape index (κ3) is 4.58. The number of benzene rings is 1. The summed E-state index contributed by atoms with van der Waals surface area (Å²) in [4.78, 5) is 16.3. The summed E-state index contributed by atoms with van der Waals surface area (Å²) in [6, 6.07) is 3.46. The van der Waals surface area contributed by atoms with Crippen molar-refractivity contribution in [3.05, 3.63) is 51.8 Å². The van der Waals surface area contributed by atoms with Crippen LogP contribution in [0.15, 0.2) is 18.2 Å². The molecular weight excluding hydrogens is 431 g/mol. The maximum atomic E-state index is 14.1. The Labute approximate surface area is 192 Å². The number of pyridine rings is 1. The zero-order chi connectivity index (χ0) is 24.0. The molecule has 0 aliphatic heterocycles. The molecule has 0 amide bonds. The average Bonchev–Trinajstić information content (AvgIpc) is 3.25. The maximum Gasteiger partial charge on any atom is 0.417 e. The van der Waals surface area contributed by atoms with Gasteiger partial charge in [-0.2, -0.15) is 13.2 Å². The molecule has 0 radical (unpaired) electrons. The number of fused-ring (bicyclic) bond motifs is 1. The van der Waals surface area contributed by atoms with Crippen LogP contribution in [0.4, 0.5) is 13.2 Å². The summed E-state index contributed by atoms with van der Waals surface area (Å²) in [6.07, 6.45) is -0.0249. The monoisotopic (exact) mass is 461 g/mol. The molecule has 0 bridgehead atoms. The highest BCUT2D eigenvalue weighted by Gasteiger charge is 2.40. The number of carbonyl (C=O) groups excluding carboxylic acids is 1. The van der Waals surface area contributed by atoms with Crippen molar-refractivity contribution in [2.45, 2.75) is 77.2 Å². The summed E-state index contributed by atoms with van der Waals surface area (Å²) in [6.45, 7) is 4.17. The number of aliphatic hydroxyl groups excluding tert-OH is 1. The highest BCUT2D eigenvalue weighted by molar-refractivity contribution is 5.83. The van der Waals surface area contributed by atoms with E-state index < -0.39 is 17.8 Å². The molecule has 2 aliphatic carbocycles. The van der Waals surface area contributed by atoms with Gasteiger partial charge < -0.3 is 9.84 Å². The molecule has 4 rings (SSSR count). The zero-order valence-corrected chi connectivity index (χ0v) is 19.3. The second-order valence-corrected chi connectivity index (χ2v) is 10.1. The van der Waals surface area contributed by atoms with E-state index in [-0.39, 0.29) is 29.1 Å². The largest absolute Gasteiger partial charge is 0.417 e. The number of aromatic nitrogens is 1. The van der Waals surface area contributed by atoms with E-state index in [1.54, 1.807) is 0 Å². The number of halogens is 3. The maximum absolute atomic E-state index is 14.1. The summed E-state index contributed by atoms with van der Waals surface area (Å²) in [5, 5.41) is 11.2. The summed E-state index contributed by atoms with van der Waals surface area (Å²) < 4.78 is 47.8. The van der Waals surface area contributed by atoms with Gasteiger partial charge in [-0.3, -0.25) is 9.78 Å². The Morgan fingerprint density at radius 2 is 1.91 bits per heavy atom. The van der Waals surface area contributed by atoms with E-state index in [9.17, 15) is 23.1 Å². The SMILES string of the molecule is COCc1nc2c(c(C3CCCC3)c1-c1cc(C=O)ccc1C(F)(F)F)C(O)CC(C)(C)C2. The van der Waals surface area contributed by atoms with E-state index in [0.29, 0.717) is 35.9 Å². The lowest BCUT2D eigenvalue weighted by Crippen LogP contribution is -2.29. The van der Waals surface area contributed by atoms with Crippen molar-refractivity contribution in [2.75, 3.05) is 7.11 Å². The van der Waals surface area contributed by atoms with E-state index in [2.05, 4.69) is 13.8 Å². The number of aliphatic hydroxyl groups is 1. The van der Waals surface area contributed by atoms with Crippen LogP contribution < -0.4 is 0 Å². The van der Waals surface area contributed by atoms with Gasteiger partial charge in [0.25, 0.3) is 0 Å². The van der Waals surface area contributed by atoms with Crippen molar-refractivity contribution in [3.63, 3.8) is 0 Å². The molecule has 1 aromatic carbocycles. The molecule has 1 heterocycles. The lowest BCUT2D eigenvalue weighted by Gasteiger charge is -2.37. The van der Waals surface area contributed by atoms with Crippen molar-refractivity contribution >= 4 is 6.29 Å². The Hall–Kier alpha value is -2.25. The average molecular weight is 462 g/mol. The predicted molar refractivity (Wildman–Crippen MR) is 119 cm³/mol. The minimum atomic E-state index is -4.61. The Morgan fingerprint density at radius 1 is 1.21 bits per heavy atom. The number of carbonyl (C=O) groups is 1. The summed E-state index contributed by atoms with van der Waals surface area (Å²) in [5.41, 5.74) is 2.11.